The van der Waals surface area contributed by atoms with Crippen LogP contribution in [0, 0.1) is 5.41 Å². The van der Waals surface area contributed by atoms with Crippen molar-refractivity contribution in [3.8, 4) is 0 Å². The third-order valence-corrected chi connectivity index (χ3v) is 3.19. The molecule has 6 nitrogen and oxygen atoms in total. The highest BCUT2D eigenvalue weighted by Gasteiger charge is 2.37. The molecule has 2 amide bonds. The fraction of sp³-hybridized carbons (Fsp3) is 0.800. The minimum Gasteiger partial charge on any atom is -0.342 e. The Morgan fingerprint density at radius 2 is 2.44 bits per heavy atom. The van der Waals surface area contributed by atoms with Crippen LogP contribution in [0.4, 0.5) is 0 Å². The Hall–Kier alpha value is -1.14. The maximum atomic E-state index is 12.0. The van der Waals surface area contributed by atoms with E-state index in [-0.39, 0.29) is 18.4 Å². The van der Waals surface area contributed by atoms with E-state index in [1.54, 1.807) is 0 Å². The fourth-order valence-electron chi connectivity index (χ4n) is 2.03. The quantitative estimate of drug-likeness (QED) is 0.561. The molecule has 2 heterocycles. The minimum absolute atomic E-state index is 0.0784. The molecule has 6 heteroatoms. The van der Waals surface area contributed by atoms with Gasteiger partial charge in [0.05, 0.1) is 5.41 Å². The van der Waals surface area contributed by atoms with Crippen LogP contribution < -0.4 is 16.1 Å². The van der Waals surface area contributed by atoms with E-state index >= 15 is 0 Å². The Morgan fingerprint density at radius 3 is 3.00 bits per heavy atom. The van der Waals surface area contributed by atoms with Crippen molar-refractivity contribution in [3.63, 3.8) is 0 Å². The zero-order valence-electron chi connectivity index (χ0n) is 9.34. The second-order valence-corrected chi connectivity index (χ2v) is 4.64. The molecular weight excluding hydrogens is 210 g/mol. The zero-order chi connectivity index (χ0) is 11.6. The van der Waals surface area contributed by atoms with Gasteiger partial charge in [0.15, 0.2) is 0 Å². The Bertz CT molecular complexity index is 300. The smallest absolute Gasteiger partial charge is 0.268 e. The first-order valence-electron chi connectivity index (χ1n) is 5.55. The predicted octanol–water partition coefficient (Wildman–Crippen LogP) is -1.08. The van der Waals surface area contributed by atoms with Gasteiger partial charge in [-0.2, -0.15) is 0 Å². The summed E-state index contributed by atoms with van der Waals surface area (Å²) in [4.78, 5) is 28.0. The molecule has 0 aromatic carbocycles. The lowest BCUT2D eigenvalue weighted by molar-refractivity contribution is -0.134. The second kappa shape index (κ2) is 4.39. The van der Waals surface area contributed by atoms with E-state index in [1.165, 1.54) is 0 Å². The molecule has 0 aromatic rings. The van der Waals surface area contributed by atoms with Crippen molar-refractivity contribution in [3.05, 3.63) is 0 Å². The molecule has 2 aliphatic heterocycles. The van der Waals surface area contributed by atoms with Crippen molar-refractivity contribution in [2.45, 2.75) is 25.8 Å². The van der Waals surface area contributed by atoms with Gasteiger partial charge in [-0.05, 0) is 26.3 Å². The first-order chi connectivity index (χ1) is 7.62. The van der Waals surface area contributed by atoms with Gasteiger partial charge >= 0.3 is 0 Å². The largest absolute Gasteiger partial charge is 0.342 e. The van der Waals surface area contributed by atoms with Gasteiger partial charge in [-0.1, -0.05) is 0 Å². The van der Waals surface area contributed by atoms with Crippen molar-refractivity contribution in [2.75, 3.05) is 19.7 Å². The first kappa shape index (κ1) is 11.3. The Morgan fingerprint density at radius 1 is 1.62 bits per heavy atom. The van der Waals surface area contributed by atoms with E-state index in [9.17, 15) is 9.59 Å². The maximum Gasteiger partial charge on any atom is 0.268 e. The van der Waals surface area contributed by atoms with Crippen LogP contribution in [0.2, 0.25) is 0 Å². The fourth-order valence-corrected chi connectivity index (χ4v) is 2.03. The molecule has 3 N–H and O–H groups in total. The summed E-state index contributed by atoms with van der Waals surface area (Å²) in [5.74, 6) is -0.355. The van der Waals surface area contributed by atoms with Crippen LogP contribution in [0.25, 0.3) is 0 Å². The van der Waals surface area contributed by atoms with Gasteiger partial charge in [-0.25, -0.2) is 5.48 Å². The SMILES string of the molecule is CC1(C(=O)N[C@@H]2CONC2=O)CCCNC1. The summed E-state index contributed by atoms with van der Waals surface area (Å²) in [7, 11) is 0. The number of carbonyl (C=O) groups excluding carboxylic acids is 2. The summed E-state index contributed by atoms with van der Waals surface area (Å²) < 4.78 is 0. The molecule has 0 saturated carbocycles. The van der Waals surface area contributed by atoms with Crippen molar-refractivity contribution < 1.29 is 14.4 Å². The predicted molar refractivity (Wildman–Crippen MR) is 56.2 cm³/mol. The van der Waals surface area contributed by atoms with Gasteiger partial charge in [-0.15, -0.1) is 0 Å². The van der Waals surface area contributed by atoms with Crippen LogP contribution in [-0.4, -0.2) is 37.6 Å². The zero-order valence-corrected chi connectivity index (χ0v) is 9.34. The lowest BCUT2D eigenvalue weighted by Gasteiger charge is -2.33. The van der Waals surface area contributed by atoms with Crippen LogP contribution in [0.1, 0.15) is 19.8 Å². The third-order valence-electron chi connectivity index (χ3n) is 3.19. The molecule has 0 radical (unpaired) electrons. The number of carbonyl (C=O) groups is 2. The third kappa shape index (κ3) is 2.17. The topological polar surface area (TPSA) is 79.5 Å². The molecule has 0 aromatic heterocycles. The molecule has 2 atom stereocenters. The number of amides is 2. The number of hydroxylamine groups is 1. The molecular formula is C10H17N3O3. The maximum absolute atomic E-state index is 12.0. The van der Waals surface area contributed by atoms with Crippen LogP contribution in [0.5, 0.6) is 0 Å². The number of nitrogens with one attached hydrogen (secondary N) is 3. The standard InChI is InChI=1S/C10H17N3O3/c1-10(3-2-4-11-6-10)9(15)12-7-5-16-13-8(7)14/h7,11H,2-6H2,1H3,(H,12,15)(H,13,14)/t7-,10?/m1/s1. The summed E-state index contributed by atoms with van der Waals surface area (Å²) in [5, 5.41) is 5.92. The molecule has 2 rings (SSSR count). The molecule has 2 saturated heterocycles. The number of rotatable bonds is 2. The van der Waals surface area contributed by atoms with Crippen molar-refractivity contribution in [1.29, 1.82) is 0 Å². The summed E-state index contributed by atoms with van der Waals surface area (Å²) >= 11 is 0. The van der Waals surface area contributed by atoms with Crippen molar-refractivity contribution in [1.82, 2.24) is 16.1 Å². The molecule has 1 unspecified atom stereocenters. The average Bonchev–Trinajstić information content (AvgIpc) is 2.65. The lowest BCUT2D eigenvalue weighted by Crippen LogP contribution is -2.53. The van der Waals surface area contributed by atoms with Gasteiger partial charge in [-0.3, -0.25) is 14.4 Å². The van der Waals surface area contributed by atoms with E-state index in [0.717, 1.165) is 19.4 Å². The highest BCUT2D eigenvalue weighted by atomic mass is 16.7. The highest BCUT2D eigenvalue weighted by Crippen LogP contribution is 2.25. The number of hydrogen-bond donors (Lipinski definition) is 3. The van der Waals surface area contributed by atoms with E-state index in [4.69, 9.17) is 4.84 Å². The summed E-state index contributed by atoms with van der Waals surface area (Å²) in [6, 6.07) is -0.550. The Balaban J connectivity index is 1.93. The van der Waals surface area contributed by atoms with E-state index < -0.39 is 11.5 Å². The highest BCUT2D eigenvalue weighted by molar-refractivity contribution is 5.90. The monoisotopic (exact) mass is 227 g/mol. The van der Waals surface area contributed by atoms with Crippen LogP contribution in [0.3, 0.4) is 0 Å². The molecule has 90 valence electrons. The van der Waals surface area contributed by atoms with Crippen LogP contribution in [0.15, 0.2) is 0 Å². The number of piperidine rings is 1. The van der Waals surface area contributed by atoms with Crippen molar-refractivity contribution in [2.24, 2.45) is 5.41 Å². The van der Waals surface area contributed by atoms with E-state index in [1.807, 2.05) is 6.92 Å². The lowest BCUT2D eigenvalue weighted by atomic mass is 9.81. The van der Waals surface area contributed by atoms with Gasteiger partial charge in [0.2, 0.25) is 5.91 Å². The summed E-state index contributed by atoms with van der Waals surface area (Å²) in [5.41, 5.74) is 1.81. The van der Waals surface area contributed by atoms with Gasteiger partial charge in [0, 0.05) is 6.54 Å². The average molecular weight is 227 g/mol. The van der Waals surface area contributed by atoms with Gasteiger partial charge in [0.25, 0.3) is 5.91 Å². The van der Waals surface area contributed by atoms with E-state index in [0.29, 0.717) is 6.54 Å². The number of hydrogen-bond acceptors (Lipinski definition) is 4. The van der Waals surface area contributed by atoms with Crippen LogP contribution in [-0.2, 0) is 14.4 Å². The van der Waals surface area contributed by atoms with Gasteiger partial charge < -0.3 is 10.6 Å². The molecule has 0 aliphatic carbocycles. The van der Waals surface area contributed by atoms with Gasteiger partial charge in [0.1, 0.15) is 12.6 Å². The summed E-state index contributed by atoms with van der Waals surface area (Å²) in [6.07, 6.45) is 1.83. The molecule has 0 spiro atoms. The molecule has 2 fully saturated rings. The molecule has 0 bridgehead atoms. The Labute approximate surface area is 94.1 Å². The second-order valence-electron chi connectivity index (χ2n) is 4.64. The normalized spacial score (nSPS) is 34.6. The molecule has 16 heavy (non-hydrogen) atoms. The van der Waals surface area contributed by atoms with Crippen LogP contribution >= 0.6 is 0 Å². The molecule has 2 aliphatic rings. The first-order valence-corrected chi connectivity index (χ1v) is 5.55. The Kier molecular flexibility index (Phi) is 3.11. The van der Waals surface area contributed by atoms with E-state index in [2.05, 4.69) is 16.1 Å². The summed E-state index contributed by atoms with van der Waals surface area (Å²) in [6.45, 7) is 3.74. The minimum atomic E-state index is -0.550. The van der Waals surface area contributed by atoms with Crippen molar-refractivity contribution >= 4 is 11.8 Å².